The second-order valence-corrected chi connectivity index (χ2v) is 7.79. The highest BCUT2D eigenvalue weighted by atomic mass is 19.1. The van der Waals surface area contributed by atoms with Gasteiger partial charge in [-0.3, -0.25) is 14.9 Å². The zero-order chi connectivity index (χ0) is 22.9. The Labute approximate surface area is 187 Å². The number of aromatic nitrogens is 2. The van der Waals surface area contributed by atoms with Gasteiger partial charge in [-0.15, -0.1) is 0 Å². The number of amidine groups is 1. The number of nitrogens with one attached hydrogen (secondary N) is 1. The Bertz CT molecular complexity index is 1130. The third-order valence-electron chi connectivity index (χ3n) is 5.30. The lowest BCUT2D eigenvalue weighted by atomic mass is 10.0. The number of carbonyl (C=O) groups excluding carboxylic acids is 1. The summed E-state index contributed by atoms with van der Waals surface area (Å²) in [6.07, 6.45) is 7.41. The van der Waals surface area contributed by atoms with Crippen LogP contribution in [-0.4, -0.2) is 21.4 Å². The monoisotopic (exact) mass is 431 g/mol. The van der Waals surface area contributed by atoms with Gasteiger partial charge in [-0.05, 0) is 48.1 Å². The summed E-state index contributed by atoms with van der Waals surface area (Å²) in [5, 5.41) is 20.3. The highest BCUT2D eigenvalue weighted by Crippen LogP contribution is 2.15. The first-order valence-corrected chi connectivity index (χ1v) is 10.6. The zero-order valence-corrected chi connectivity index (χ0v) is 17.9. The zero-order valence-electron chi connectivity index (χ0n) is 17.9. The van der Waals surface area contributed by atoms with Gasteiger partial charge in [0.25, 0.3) is 0 Å². The number of nitrogens with two attached hydrogens (primary N) is 1. The molecule has 0 amide bonds. The van der Waals surface area contributed by atoms with Crippen LogP contribution in [0.1, 0.15) is 58.3 Å². The van der Waals surface area contributed by atoms with Crippen molar-refractivity contribution in [1.29, 1.82) is 10.7 Å². The Hall–Kier alpha value is -3.79. The van der Waals surface area contributed by atoms with Crippen molar-refractivity contribution in [2.24, 2.45) is 5.73 Å². The highest BCUT2D eigenvalue weighted by Gasteiger charge is 2.10. The van der Waals surface area contributed by atoms with Gasteiger partial charge in [0.2, 0.25) is 0 Å². The van der Waals surface area contributed by atoms with E-state index in [1.165, 1.54) is 12.1 Å². The van der Waals surface area contributed by atoms with Gasteiger partial charge >= 0.3 is 0 Å². The van der Waals surface area contributed by atoms with Gasteiger partial charge in [-0.1, -0.05) is 36.8 Å². The molecule has 0 unspecified atom stereocenters. The summed E-state index contributed by atoms with van der Waals surface area (Å²) in [6.45, 7) is 0.569. The summed E-state index contributed by atoms with van der Waals surface area (Å²) in [7, 11) is 0. The highest BCUT2D eigenvalue weighted by molar-refractivity contribution is 5.95. The first-order valence-electron chi connectivity index (χ1n) is 10.6. The summed E-state index contributed by atoms with van der Waals surface area (Å²) < 4.78 is 15.6. The number of Topliss-reactive ketones (excluding diaryl/α,β-unsaturated/α-hetero) is 1. The van der Waals surface area contributed by atoms with E-state index in [2.05, 4.69) is 11.2 Å². The molecule has 7 heteroatoms. The second-order valence-electron chi connectivity index (χ2n) is 7.79. The van der Waals surface area contributed by atoms with E-state index in [1.54, 1.807) is 23.1 Å². The molecular weight excluding hydrogens is 405 g/mol. The molecular formula is C25H26FN5O. The summed E-state index contributed by atoms with van der Waals surface area (Å²) >= 11 is 0. The first-order chi connectivity index (χ1) is 15.5. The third-order valence-corrected chi connectivity index (χ3v) is 5.30. The smallest absolute Gasteiger partial charge is 0.166 e. The molecule has 0 bridgehead atoms. The van der Waals surface area contributed by atoms with Gasteiger partial charge in [0, 0.05) is 12.6 Å². The van der Waals surface area contributed by atoms with E-state index >= 15 is 0 Å². The maximum absolute atomic E-state index is 13.9. The Morgan fingerprint density at radius 3 is 2.50 bits per heavy atom. The Morgan fingerprint density at radius 1 is 1.09 bits per heavy atom. The van der Waals surface area contributed by atoms with Gasteiger partial charge in [-0.25, -0.2) is 4.39 Å². The Kier molecular flexibility index (Phi) is 7.87. The number of aryl methyl sites for hydroxylation is 1. The lowest BCUT2D eigenvalue weighted by Crippen LogP contribution is -2.13. The molecule has 0 atom stereocenters. The number of nitrogen functional groups attached to an aromatic ring is 1. The van der Waals surface area contributed by atoms with E-state index in [-0.39, 0.29) is 17.2 Å². The molecule has 1 heterocycles. The number of hydrogen-bond acceptors (Lipinski definition) is 4. The SMILES string of the molecule is N#CCc1ccc(Cn2cc(C(=O)CCCCCc3ccc(C(=N)N)c(F)c3)cn2)cc1. The van der Waals surface area contributed by atoms with E-state index in [1.807, 2.05) is 24.3 Å². The van der Waals surface area contributed by atoms with Crippen molar-refractivity contribution >= 4 is 11.6 Å². The summed E-state index contributed by atoms with van der Waals surface area (Å²) in [4.78, 5) is 12.4. The quantitative estimate of drug-likeness (QED) is 0.203. The molecule has 0 aliphatic rings. The van der Waals surface area contributed by atoms with E-state index in [0.29, 0.717) is 31.4 Å². The molecule has 1 aromatic heterocycles. The normalized spacial score (nSPS) is 10.6. The van der Waals surface area contributed by atoms with Crippen molar-refractivity contribution in [3.8, 4) is 6.07 Å². The van der Waals surface area contributed by atoms with E-state index in [4.69, 9.17) is 16.4 Å². The molecule has 164 valence electrons. The van der Waals surface area contributed by atoms with Gasteiger partial charge in [0.15, 0.2) is 5.78 Å². The topological polar surface area (TPSA) is 109 Å². The minimum absolute atomic E-state index is 0.0671. The van der Waals surface area contributed by atoms with E-state index < -0.39 is 5.82 Å². The van der Waals surface area contributed by atoms with Gasteiger partial charge in [-0.2, -0.15) is 10.4 Å². The molecule has 3 N–H and O–H groups in total. The van der Waals surface area contributed by atoms with Crippen LogP contribution in [0.3, 0.4) is 0 Å². The molecule has 0 spiro atoms. The summed E-state index contributed by atoms with van der Waals surface area (Å²) in [6, 6.07) is 14.7. The molecule has 6 nitrogen and oxygen atoms in total. The van der Waals surface area contributed by atoms with Gasteiger partial charge in [0.1, 0.15) is 11.7 Å². The summed E-state index contributed by atoms with van der Waals surface area (Å²) in [5.41, 5.74) is 8.95. The molecule has 0 saturated heterocycles. The van der Waals surface area contributed by atoms with Crippen LogP contribution >= 0.6 is 0 Å². The second kappa shape index (κ2) is 11.0. The van der Waals surface area contributed by atoms with E-state index in [0.717, 1.165) is 36.0 Å². The molecule has 3 aromatic rings. The van der Waals surface area contributed by atoms with Crippen LogP contribution in [0.15, 0.2) is 54.9 Å². The molecule has 0 aliphatic heterocycles. The molecule has 0 aliphatic carbocycles. The lowest BCUT2D eigenvalue weighted by Gasteiger charge is -2.05. The number of ketones is 1. The number of rotatable bonds is 11. The fourth-order valence-corrected chi connectivity index (χ4v) is 3.50. The predicted octanol–water partition coefficient (Wildman–Crippen LogP) is 4.41. The average Bonchev–Trinajstić information content (AvgIpc) is 3.23. The Morgan fingerprint density at radius 2 is 1.81 bits per heavy atom. The van der Waals surface area contributed by atoms with Crippen LogP contribution in [0.4, 0.5) is 4.39 Å². The number of benzene rings is 2. The minimum atomic E-state index is -0.472. The Balaban J connectivity index is 1.41. The maximum atomic E-state index is 13.9. The van der Waals surface area contributed by atoms with E-state index in [9.17, 15) is 9.18 Å². The van der Waals surface area contributed by atoms with Crippen molar-refractivity contribution in [2.75, 3.05) is 0 Å². The van der Waals surface area contributed by atoms with Crippen molar-refractivity contribution < 1.29 is 9.18 Å². The van der Waals surface area contributed by atoms with Crippen molar-refractivity contribution in [1.82, 2.24) is 9.78 Å². The van der Waals surface area contributed by atoms with Crippen molar-refractivity contribution in [2.45, 2.75) is 45.1 Å². The number of nitrogens with zero attached hydrogens (tertiary/aromatic N) is 3. The van der Waals surface area contributed by atoms with Crippen molar-refractivity contribution in [3.63, 3.8) is 0 Å². The first kappa shape index (κ1) is 22.9. The van der Waals surface area contributed by atoms with Crippen LogP contribution < -0.4 is 5.73 Å². The van der Waals surface area contributed by atoms with Crippen molar-refractivity contribution in [3.05, 3.63) is 88.5 Å². The molecule has 2 aromatic carbocycles. The predicted molar refractivity (Wildman–Crippen MR) is 121 cm³/mol. The van der Waals surface area contributed by atoms with Crippen LogP contribution in [0, 0.1) is 22.6 Å². The summed E-state index contributed by atoms with van der Waals surface area (Å²) in [5.74, 6) is -0.679. The standard InChI is InChI=1S/C25H26FN5O/c26-23-14-19(10-11-22(23)25(28)29)4-2-1-3-5-24(32)21-15-30-31(17-21)16-20-8-6-18(7-9-20)12-13-27/h6-11,14-15,17H,1-5,12,16H2,(H3,28,29). The number of carbonyl (C=O) groups is 1. The van der Waals surface area contributed by atoms with Gasteiger partial charge in [0.05, 0.1) is 36.4 Å². The molecule has 0 radical (unpaired) electrons. The minimum Gasteiger partial charge on any atom is -0.384 e. The number of unbranched alkanes of at least 4 members (excludes halogenated alkanes) is 2. The van der Waals surface area contributed by atoms with Crippen LogP contribution in [-0.2, 0) is 19.4 Å². The molecule has 3 rings (SSSR count). The maximum Gasteiger partial charge on any atom is 0.166 e. The molecule has 32 heavy (non-hydrogen) atoms. The fraction of sp³-hybridized carbons (Fsp3) is 0.280. The fourth-order valence-electron chi connectivity index (χ4n) is 3.50. The lowest BCUT2D eigenvalue weighted by molar-refractivity contribution is 0.0979. The molecule has 0 fully saturated rings. The van der Waals surface area contributed by atoms with Crippen LogP contribution in [0.25, 0.3) is 0 Å². The number of nitriles is 1. The van der Waals surface area contributed by atoms with Crippen LogP contribution in [0.5, 0.6) is 0 Å². The average molecular weight is 432 g/mol. The van der Waals surface area contributed by atoms with Crippen LogP contribution in [0.2, 0.25) is 0 Å². The largest absolute Gasteiger partial charge is 0.384 e. The molecule has 0 saturated carbocycles. The van der Waals surface area contributed by atoms with Gasteiger partial charge < -0.3 is 5.73 Å². The third kappa shape index (κ3) is 6.35. The number of halogens is 1. The number of hydrogen-bond donors (Lipinski definition) is 2.